The molecule has 0 aromatic rings. The zero-order chi connectivity index (χ0) is 9.90. The van der Waals surface area contributed by atoms with Gasteiger partial charge in [0.05, 0.1) is 0 Å². The van der Waals surface area contributed by atoms with Gasteiger partial charge in [-0.2, -0.15) is 5.26 Å². The fourth-order valence-corrected chi connectivity index (χ4v) is 2.12. The average Bonchev–Trinajstić information content (AvgIpc) is 2.04. The van der Waals surface area contributed by atoms with Crippen LogP contribution in [-0.2, 0) is 4.74 Å². The maximum atomic E-state index is 8.37. The monoisotopic (exact) mass is 181 g/mol. The van der Waals surface area contributed by atoms with Gasteiger partial charge in [-0.15, -0.1) is 0 Å². The van der Waals surface area contributed by atoms with Crippen molar-refractivity contribution >= 4 is 0 Å². The summed E-state index contributed by atoms with van der Waals surface area (Å²) in [5.41, 5.74) is 0.414. The summed E-state index contributed by atoms with van der Waals surface area (Å²) in [6, 6.07) is 0. The van der Waals surface area contributed by atoms with Gasteiger partial charge in [-0.05, 0) is 37.0 Å². The third-order valence-electron chi connectivity index (χ3n) is 3.12. The molecule has 0 aliphatic heterocycles. The summed E-state index contributed by atoms with van der Waals surface area (Å²) in [6.45, 7) is 6.88. The van der Waals surface area contributed by atoms with E-state index < -0.39 is 0 Å². The molecule has 0 atom stereocenters. The third-order valence-corrected chi connectivity index (χ3v) is 3.12. The largest absolute Gasteiger partial charge is 0.424 e. The molecule has 1 fully saturated rings. The maximum absolute atomic E-state index is 8.37. The van der Waals surface area contributed by atoms with Crippen molar-refractivity contribution in [1.82, 2.24) is 0 Å². The minimum atomic E-state index is 0.198. The summed E-state index contributed by atoms with van der Waals surface area (Å²) in [6.07, 6.45) is 6.50. The fraction of sp³-hybridized carbons (Fsp3) is 0.909. The molecule has 74 valence electrons. The Bertz CT molecular complexity index is 191. The number of nitrogens with zero attached hydrogens (tertiary/aromatic N) is 1. The average molecular weight is 181 g/mol. The van der Waals surface area contributed by atoms with E-state index >= 15 is 0 Å². The van der Waals surface area contributed by atoms with Crippen LogP contribution in [0, 0.1) is 22.9 Å². The van der Waals surface area contributed by atoms with E-state index in [1.54, 1.807) is 6.26 Å². The fourth-order valence-electron chi connectivity index (χ4n) is 2.12. The van der Waals surface area contributed by atoms with Crippen LogP contribution in [0.15, 0.2) is 0 Å². The lowest BCUT2D eigenvalue weighted by Crippen LogP contribution is -2.28. The molecule has 0 amide bonds. The van der Waals surface area contributed by atoms with Crippen molar-refractivity contribution in [2.75, 3.05) is 0 Å². The molecule has 1 aliphatic rings. The van der Waals surface area contributed by atoms with Gasteiger partial charge < -0.3 is 4.74 Å². The van der Waals surface area contributed by atoms with E-state index in [9.17, 15) is 0 Å². The summed E-state index contributed by atoms with van der Waals surface area (Å²) < 4.78 is 4.95. The second-order valence-corrected chi connectivity index (χ2v) is 5.05. The molecule has 1 rings (SSSR count). The van der Waals surface area contributed by atoms with Crippen LogP contribution >= 0.6 is 0 Å². The Kier molecular flexibility index (Phi) is 3.19. The van der Waals surface area contributed by atoms with Gasteiger partial charge in [-0.3, -0.25) is 0 Å². The predicted molar refractivity (Wildman–Crippen MR) is 51.9 cm³/mol. The minimum absolute atomic E-state index is 0.198. The summed E-state index contributed by atoms with van der Waals surface area (Å²) in [7, 11) is 0. The van der Waals surface area contributed by atoms with Gasteiger partial charge in [-0.25, -0.2) is 0 Å². The van der Waals surface area contributed by atoms with E-state index in [0.717, 1.165) is 18.8 Å². The van der Waals surface area contributed by atoms with Crippen LogP contribution in [-0.4, -0.2) is 6.10 Å². The van der Waals surface area contributed by atoms with Crippen molar-refractivity contribution in [3.63, 3.8) is 0 Å². The molecule has 0 spiro atoms. The van der Waals surface area contributed by atoms with E-state index in [1.807, 2.05) is 0 Å². The van der Waals surface area contributed by atoms with Crippen LogP contribution in [0.2, 0.25) is 0 Å². The Morgan fingerprint density at radius 3 is 2.08 bits per heavy atom. The van der Waals surface area contributed by atoms with Crippen LogP contribution in [0.25, 0.3) is 0 Å². The number of rotatable bonds is 1. The molecule has 0 N–H and O–H groups in total. The molecule has 0 radical (unpaired) electrons. The van der Waals surface area contributed by atoms with Crippen molar-refractivity contribution in [2.24, 2.45) is 11.3 Å². The van der Waals surface area contributed by atoms with Gasteiger partial charge >= 0.3 is 0 Å². The molecule has 0 bridgehead atoms. The van der Waals surface area contributed by atoms with Crippen LogP contribution < -0.4 is 0 Å². The lowest BCUT2D eigenvalue weighted by atomic mass is 9.72. The first-order valence-electron chi connectivity index (χ1n) is 5.09. The second-order valence-electron chi connectivity index (χ2n) is 5.05. The van der Waals surface area contributed by atoms with Gasteiger partial charge in [-0.1, -0.05) is 20.8 Å². The molecular weight excluding hydrogens is 162 g/mol. The Morgan fingerprint density at radius 2 is 1.69 bits per heavy atom. The van der Waals surface area contributed by atoms with Gasteiger partial charge in [0.25, 0.3) is 6.26 Å². The van der Waals surface area contributed by atoms with Crippen LogP contribution in [0.1, 0.15) is 46.5 Å². The number of hydrogen-bond donors (Lipinski definition) is 0. The topological polar surface area (TPSA) is 33.0 Å². The molecule has 0 saturated heterocycles. The van der Waals surface area contributed by atoms with Crippen LogP contribution in [0.5, 0.6) is 0 Å². The highest BCUT2D eigenvalue weighted by atomic mass is 16.5. The molecule has 0 aromatic carbocycles. The number of ether oxygens (including phenoxy) is 1. The van der Waals surface area contributed by atoms with Crippen molar-refractivity contribution in [1.29, 1.82) is 5.26 Å². The Balaban J connectivity index is 2.36. The quantitative estimate of drug-likeness (QED) is 0.582. The Labute approximate surface area is 80.9 Å². The normalized spacial score (nSPS) is 29.4. The number of hydrogen-bond acceptors (Lipinski definition) is 2. The van der Waals surface area contributed by atoms with Crippen molar-refractivity contribution in [3.8, 4) is 6.26 Å². The molecule has 2 nitrogen and oxygen atoms in total. The zero-order valence-electron chi connectivity index (χ0n) is 8.84. The molecule has 2 heteroatoms. The highest BCUT2D eigenvalue weighted by molar-refractivity contribution is 4.81. The number of nitriles is 1. The SMILES string of the molecule is CC(C)(C)C1CCC(OC#N)CC1. The van der Waals surface area contributed by atoms with Crippen LogP contribution in [0.3, 0.4) is 0 Å². The van der Waals surface area contributed by atoms with Crippen molar-refractivity contribution in [3.05, 3.63) is 0 Å². The highest BCUT2D eigenvalue weighted by Gasteiger charge is 2.30. The van der Waals surface area contributed by atoms with E-state index in [1.165, 1.54) is 12.8 Å². The molecule has 1 saturated carbocycles. The molecule has 0 unspecified atom stereocenters. The highest BCUT2D eigenvalue weighted by Crippen LogP contribution is 2.38. The first-order valence-corrected chi connectivity index (χ1v) is 5.09. The van der Waals surface area contributed by atoms with Crippen LogP contribution in [0.4, 0.5) is 0 Å². The van der Waals surface area contributed by atoms with E-state index in [0.29, 0.717) is 5.41 Å². The first-order chi connectivity index (χ1) is 6.04. The maximum Gasteiger partial charge on any atom is 0.286 e. The summed E-state index contributed by atoms with van der Waals surface area (Å²) in [5.74, 6) is 0.797. The summed E-state index contributed by atoms with van der Waals surface area (Å²) in [4.78, 5) is 0. The lowest BCUT2D eigenvalue weighted by Gasteiger charge is -2.35. The summed E-state index contributed by atoms with van der Waals surface area (Å²) in [5, 5.41) is 8.37. The molecular formula is C11H19NO. The molecule has 1 aliphatic carbocycles. The van der Waals surface area contributed by atoms with E-state index in [4.69, 9.17) is 10.00 Å². The van der Waals surface area contributed by atoms with Gasteiger partial charge in [0.15, 0.2) is 0 Å². The third kappa shape index (κ3) is 2.91. The van der Waals surface area contributed by atoms with Gasteiger partial charge in [0.1, 0.15) is 6.10 Å². The molecule has 0 heterocycles. The molecule has 13 heavy (non-hydrogen) atoms. The smallest absolute Gasteiger partial charge is 0.286 e. The standard InChI is InChI=1S/C11H19NO/c1-11(2,3)9-4-6-10(7-5-9)13-8-12/h9-10H,4-7H2,1-3H3. The van der Waals surface area contributed by atoms with E-state index in [-0.39, 0.29) is 6.10 Å². The zero-order valence-corrected chi connectivity index (χ0v) is 8.84. The predicted octanol–water partition coefficient (Wildman–Crippen LogP) is 3.09. The molecule has 0 aromatic heterocycles. The van der Waals surface area contributed by atoms with Crippen molar-refractivity contribution in [2.45, 2.75) is 52.6 Å². The minimum Gasteiger partial charge on any atom is -0.424 e. The van der Waals surface area contributed by atoms with Gasteiger partial charge in [0, 0.05) is 0 Å². The second kappa shape index (κ2) is 4.00. The Morgan fingerprint density at radius 1 is 1.15 bits per heavy atom. The Hall–Kier alpha value is -0.710. The first kappa shape index (κ1) is 10.4. The lowest BCUT2D eigenvalue weighted by molar-refractivity contribution is 0.0680. The van der Waals surface area contributed by atoms with Crippen molar-refractivity contribution < 1.29 is 4.74 Å². The van der Waals surface area contributed by atoms with Gasteiger partial charge in [0.2, 0.25) is 0 Å². The summed E-state index contributed by atoms with van der Waals surface area (Å²) >= 11 is 0. The van der Waals surface area contributed by atoms with E-state index in [2.05, 4.69) is 20.8 Å².